The first-order chi connectivity index (χ1) is 9.08. The zero-order valence-corrected chi connectivity index (χ0v) is 12.1. The molecule has 2 nitrogen and oxygen atoms in total. The summed E-state index contributed by atoms with van der Waals surface area (Å²) in [5.41, 5.74) is 8.60. The van der Waals surface area contributed by atoms with Crippen molar-refractivity contribution in [2.45, 2.75) is 25.5 Å². The fourth-order valence-corrected chi connectivity index (χ4v) is 2.16. The van der Waals surface area contributed by atoms with E-state index in [9.17, 15) is 9.50 Å². The minimum Gasteiger partial charge on any atom is -0.391 e. The van der Waals surface area contributed by atoms with Crippen molar-refractivity contribution >= 4 is 12.4 Å². The van der Waals surface area contributed by atoms with Crippen molar-refractivity contribution in [2.24, 2.45) is 5.73 Å². The van der Waals surface area contributed by atoms with Crippen molar-refractivity contribution in [3.05, 3.63) is 71.0 Å². The first-order valence-corrected chi connectivity index (χ1v) is 6.31. The molecule has 2 aromatic carbocycles. The Bertz CT molecular complexity index is 547. The van der Waals surface area contributed by atoms with Gasteiger partial charge in [0.25, 0.3) is 0 Å². The third kappa shape index (κ3) is 4.04. The van der Waals surface area contributed by atoms with Gasteiger partial charge in [-0.25, -0.2) is 4.39 Å². The fraction of sp³-hybridized carbons (Fsp3) is 0.250. The van der Waals surface area contributed by atoms with Crippen LogP contribution in [0.5, 0.6) is 0 Å². The summed E-state index contributed by atoms with van der Waals surface area (Å²) in [5.74, 6) is -0.331. The molecule has 0 saturated carbocycles. The Hall–Kier alpha value is -1.42. The van der Waals surface area contributed by atoms with Crippen LogP contribution in [0.4, 0.5) is 4.39 Å². The van der Waals surface area contributed by atoms with Gasteiger partial charge in [0.2, 0.25) is 0 Å². The van der Waals surface area contributed by atoms with Crippen molar-refractivity contribution < 1.29 is 9.50 Å². The molecule has 3 N–H and O–H groups in total. The van der Waals surface area contributed by atoms with Gasteiger partial charge in [-0.05, 0) is 35.7 Å². The minimum atomic E-state index is -0.733. The van der Waals surface area contributed by atoms with Gasteiger partial charge in [0, 0.05) is 6.42 Å². The second-order valence-corrected chi connectivity index (χ2v) is 4.78. The molecule has 0 fully saturated rings. The van der Waals surface area contributed by atoms with Gasteiger partial charge in [-0.1, -0.05) is 36.4 Å². The highest BCUT2D eigenvalue weighted by Crippen LogP contribution is 2.22. The summed E-state index contributed by atoms with van der Waals surface area (Å²) in [5, 5.41) is 10.2. The maximum absolute atomic E-state index is 13.3. The SMILES string of the molecule is Cc1ccc(F)cc1[C@@H](N)[C@@H](O)Cc1ccccc1.Cl. The van der Waals surface area contributed by atoms with Crippen molar-refractivity contribution in [1.29, 1.82) is 0 Å². The summed E-state index contributed by atoms with van der Waals surface area (Å²) in [4.78, 5) is 0. The molecule has 0 aliphatic rings. The van der Waals surface area contributed by atoms with Gasteiger partial charge in [0.15, 0.2) is 0 Å². The van der Waals surface area contributed by atoms with E-state index in [1.165, 1.54) is 12.1 Å². The van der Waals surface area contributed by atoms with Gasteiger partial charge < -0.3 is 10.8 Å². The van der Waals surface area contributed by atoms with E-state index in [4.69, 9.17) is 5.73 Å². The minimum absolute atomic E-state index is 0. The molecule has 0 heterocycles. The molecule has 0 radical (unpaired) electrons. The molecular formula is C16H19ClFNO. The van der Waals surface area contributed by atoms with Crippen LogP contribution < -0.4 is 5.73 Å². The summed E-state index contributed by atoms with van der Waals surface area (Å²) in [6.07, 6.45) is -0.277. The number of aliphatic hydroxyl groups excluding tert-OH is 1. The third-order valence-corrected chi connectivity index (χ3v) is 3.30. The van der Waals surface area contributed by atoms with Crippen LogP contribution in [0, 0.1) is 12.7 Å². The van der Waals surface area contributed by atoms with Crippen LogP contribution in [0.2, 0.25) is 0 Å². The highest BCUT2D eigenvalue weighted by Gasteiger charge is 2.19. The van der Waals surface area contributed by atoms with Gasteiger partial charge in [0.1, 0.15) is 5.82 Å². The second-order valence-electron chi connectivity index (χ2n) is 4.78. The lowest BCUT2D eigenvalue weighted by Gasteiger charge is -2.21. The quantitative estimate of drug-likeness (QED) is 0.910. The summed E-state index contributed by atoms with van der Waals surface area (Å²) < 4.78 is 13.3. The first-order valence-electron chi connectivity index (χ1n) is 6.31. The molecule has 2 aromatic rings. The molecule has 108 valence electrons. The summed E-state index contributed by atoms with van der Waals surface area (Å²) in [6, 6.07) is 13.5. The van der Waals surface area contributed by atoms with Crippen molar-refractivity contribution in [3.8, 4) is 0 Å². The van der Waals surface area contributed by atoms with Crippen LogP contribution in [0.3, 0.4) is 0 Å². The molecule has 0 aromatic heterocycles. The predicted octanol–water partition coefficient (Wildman–Crippen LogP) is 3.16. The average molecular weight is 296 g/mol. The normalized spacial score (nSPS) is 13.4. The summed E-state index contributed by atoms with van der Waals surface area (Å²) in [6.45, 7) is 1.86. The average Bonchev–Trinajstić information content (AvgIpc) is 2.42. The van der Waals surface area contributed by atoms with Gasteiger partial charge in [-0.15, -0.1) is 12.4 Å². The lowest BCUT2D eigenvalue weighted by atomic mass is 9.94. The van der Waals surface area contributed by atoms with Crippen LogP contribution in [0.1, 0.15) is 22.7 Å². The van der Waals surface area contributed by atoms with Crippen LogP contribution in [-0.4, -0.2) is 11.2 Å². The molecule has 0 bridgehead atoms. The molecule has 0 saturated heterocycles. The Kier molecular flexibility index (Phi) is 6.14. The van der Waals surface area contributed by atoms with Gasteiger partial charge in [-0.3, -0.25) is 0 Å². The first kappa shape index (κ1) is 16.6. The maximum atomic E-state index is 13.3. The van der Waals surface area contributed by atoms with E-state index in [1.54, 1.807) is 6.07 Å². The maximum Gasteiger partial charge on any atom is 0.123 e. The van der Waals surface area contributed by atoms with E-state index in [0.29, 0.717) is 12.0 Å². The predicted molar refractivity (Wildman–Crippen MR) is 81.5 cm³/mol. The number of rotatable bonds is 4. The van der Waals surface area contributed by atoms with E-state index in [1.807, 2.05) is 37.3 Å². The Labute approximate surface area is 124 Å². The zero-order valence-electron chi connectivity index (χ0n) is 11.3. The Morgan fingerprint density at radius 2 is 1.80 bits per heavy atom. The molecule has 2 rings (SSSR count). The van der Waals surface area contributed by atoms with Crippen molar-refractivity contribution in [2.75, 3.05) is 0 Å². The molecule has 0 unspecified atom stereocenters. The molecule has 0 aliphatic heterocycles. The topological polar surface area (TPSA) is 46.2 Å². The smallest absolute Gasteiger partial charge is 0.123 e. The number of hydrogen-bond acceptors (Lipinski definition) is 2. The van der Waals surface area contributed by atoms with Gasteiger partial charge >= 0.3 is 0 Å². The molecule has 0 aliphatic carbocycles. The van der Waals surface area contributed by atoms with Crippen LogP contribution in [-0.2, 0) is 6.42 Å². The Morgan fingerprint density at radius 1 is 1.15 bits per heavy atom. The monoisotopic (exact) mass is 295 g/mol. The molecule has 0 spiro atoms. The molecule has 20 heavy (non-hydrogen) atoms. The summed E-state index contributed by atoms with van der Waals surface area (Å²) >= 11 is 0. The number of hydrogen-bond donors (Lipinski definition) is 2. The van der Waals surface area contributed by atoms with Crippen LogP contribution in [0.15, 0.2) is 48.5 Å². The van der Waals surface area contributed by atoms with Crippen molar-refractivity contribution in [1.82, 2.24) is 0 Å². The van der Waals surface area contributed by atoms with E-state index >= 15 is 0 Å². The Balaban J connectivity index is 0.00000200. The Morgan fingerprint density at radius 3 is 2.45 bits per heavy atom. The highest BCUT2D eigenvalue weighted by molar-refractivity contribution is 5.85. The molecule has 2 atom stereocenters. The molecular weight excluding hydrogens is 277 g/mol. The third-order valence-electron chi connectivity index (χ3n) is 3.30. The van der Waals surface area contributed by atoms with Crippen molar-refractivity contribution in [3.63, 3.8) is 0 Å². The van der Waals surface area contributed by atoms with E-state index in [-0.39, 0.29) is 18.2 Å². The van der Waals surface area contributed by atoms with E-state index in [2.05, 4.69) is 0 Å². The number of aliphatic hydroxyl groups is 1. The van der Waals surface area contributed by atoms with E-state index < -0.39 is 12.1 Å². The molecule has 0 amide bonds. The van der Waals surface area contributed by atoms with Crippen LogP contribution in [0.25, 0.3) is 0 Å². The lowest BCUT2D eigenvalue weighted by Crippen LogP contribution is -2.28. The largest absolute Gasteiger partial charge is 0.391 e. The van der Waals surface area contributed by atoms with Crippen LogP contribution >= 0.6 is 12.4 Å². The number of benzene rings is 2. The highest BCUT2D eigenvalue weighted by atomic mass is 35.5. The number of aryl methyl sites for hydroxylation is 1. The number of nitrogens with two attached hydrogens (primary N) is 1. The molecule has 4 heteroatoms. The van der Waals surface area contributed by atoms with Gasteiger partial charge in [-0.2, -0.15) is 0 Å². The zero-order chi connectivity index (χ0) is 13.8. The lowest BCUT2D eigenvalue weighted by molar-refractivity contribution is 0.144. The summed E-state index contributed by atoms with van der Waals surface area (Å²) in [7, 11) is 0. The standard InChI is InChI=1S/C16H18FNO.ClH/c1-11-7-8-13(17)10-14(11)16(18)15(19)9-12-5-3-2-4-6-12;/h2-8,10,15-16,19H,9,18H2,1H3;1H/t15-,16+;/m0./s1. The second kappa shape index (κ2) is 7.39. The van der Waals surface area contributed by atoms with E-state index in [0.717, 1.165) is 11.1 Å². The number of halogens is 2. The fourth-order valence-electron chi connectivity index (χ4n) is 2.16. The van der Waals surface area contributed by atoms with Gasteiger partial charge in [0.05, 0.1) is 12.1 Å².